The average molecular weight is 1230 g/mol. The Morgan fingerprint density at radius 1 is 0.580 bits per heavy atom. The second-order valence-electron chi connectivity index (χ2n) is 15.5. The third kappa shape index (κ3) is 32.9. The molecule has 0 spiro atoms. The number of hydrogen-bond donors (Lipinski definition) is 1. The zero-order chi connectivity index (χ0) is 58.5. The molecule has 3 heterocycles. The quantitative estimate of drug-likeness (QED) is 0.0537. The molecule has 0 aliphatic rings. The van der Waals surface area contributed by atoms with Crippen molar-refractivity contribution in [2.24, 2.45) is 5.73 Å². The number of pyridine rings is 3. The summed E-state index contributed by atoms with van der Waals surface area (Å²) < 4.78 is 1.19. The molecule has 0 bridgehead atoms. The van der Waals surface area contributed by atoms with Crippen LogP contribution in [0.3, 0.4) is 0 Å². The van der Waals surface area contributed by atoms with Gasteiger partial charge in [0.05, 0.1) is 14.3 Å². The lowest BCUT2D eigenvalue weighted by atomic mass is 10.1. The van der Waals surface area contributed by atoms with Crippen molar-refractivity contribution in [3.8, 4) is 36.0 Å². The van der Waals surface area contributed by atoms with Crippen LogP contribution in [0, 0.1) is 56.3 Å². The second kappa shape index (κ2) is 47.5. The van der Waals surface area contributed by atoms with Crippen molar-refractivity contribution < 1.29 is 14.6 Å². The summed E-state index contributed by atoms with van der Waals surface area (Å²) in [4.78, 5) is 42.6. The Labute approximate surface area is 499 Å². The number of carbonyl (C=O) groups excluding carboxylic acids is 1. The highest BCUT2D eigenvalue weighted by Gasteiger charge is 2.15. The van der Waals surface area contributed by atoms with E-state index in [0.717, 1.165) is 23.2 Å². The van der Waals surface area contributed by atoms with E-state index in [0.29, 0.717) is 20.1 Å². The number of nitrogens with two attached hydrogens (primary N) is 1. The van der Waals surface area contributed by atoms with Crippen LogP contribution in [0.4, 0.5) is 11.4 Å². The molecule has 420 valence electrons. The number of nitrogens with zero attached hydrogens (tertiary/aromatic N) is 5. The van der Waals surface area contributed by atoms with Gasteiger partial charge in [-0.2, -0.15) is 0 Å². The molecule has 0 atom stereocenters. The van der Waals surface area contributed by atoms with E-state index in [1.54, 1.807) is 111 Å². The zero-order valence-corrected chi connectivity index (χ0v) is 49.3. The summed E-state index contributed by atoms with van der Waals surface area (Å²) in [5, 5.41) is 25.9. The fraction of sp³-hybridized carbons (Fsp3) is 0.164. The minimum absolute atomic E-state index is 0. The third-order valence-electron chi connectivity index (χ3n) is 8.77. The highest BCUT2D eigenvalue weighted by atomic mass is 79.9. The lowest BCUT2D eigenvalue weighted by Crippen LogP contribution is -2.20. The molecule has 5 aromatic carbocycles. The van der Waals surface area contributed by atoms with Gasteiger partial charge in [0.15, 0.2) is 5.78 Å². The van der Waals surface area contributed by atoms with Crippen LogP contribution in [-0.2, 0) is 4.79 Å². The number of hydrogen-bond acceptors (Lipinski definition) is 9. The third-order valence-corrected chi connectivity index (χ3v) is 12.4. The number of rotatable bonds is 7. The van der Waals surface area contributed by atoms with Crippen LogP contribution in [0.1, 0.15) is 97.1 Å². The fourth-order valence-corrected chi connectivity index (χ4v) is 8.55. The topological polar surface area (TPSA) is 168 Å². The normalized spacial score (nSPS) is 8.90. The van der Waals surface area contributed by atoms with Crippen molar-refractivity contribution in [2.45, 2.75) is 69.2 Å². The summed E-state index contributed by atoms with van der Waals surface area (Å²) in [6.45, 7) is 16.2. The molecule has 0 amide bonds. The molecule has 0 radical (unpaired) electrons. The Balaban J connectivity index is 0. The van der Waals surface area contributed by atoms with E-state index in [1.165, 1.54) is 53.0 Å². The molecule has 0 saturated heterocycles. The predicted molar refractivity (Wildman–Crippen MR) is 349 cm³/mol. The van der Waals surface area contributed by atoms with E-state index in [-0.39, 0.29) is 32.0 Å². The van der Waals surface area contributed by atoms with Gasteiger partial charge in [-0.25, -0.2) is 0 Å². The molecular weight excluding hydrogens is 1160 g/mol. The molecule has 0 aliphatic carbocycles. The molecule has 11 nitrogen and oxygen atoms in total. The Hall–Kier alpha value is -8.47. The monoisotopic (exact) mass is 1230 g/mol. The van der Waals surface area contributed by atoms with Gasteiger partial charge >= 0.3 is 0 Å². The van der Waals surface area contributed by atoms with E-state index >= 15 is 0 Å². The van der Waals surface area contributed by atoms with Crippen LogP contribution in [0.25, 0.3) is 0 Å². The predicted octanol–water partition coefficient (Wildman–Crippen LogP) is 16.2. The van der Waals surface area contributed by atoms with Crippen LogP contribution >= 0.6 is 39.8 Å². The molecule has 3 aromatic heterocycles. The van der Waals surface area contributed by atoms with Gasteiger partial charge in [0, 0.05) is 76.0 Å². The van der Waals surface area contributed by atoms with Crippen molar-refractivity contribution in [1.29, 1.82) is 0 Å². The molecule has 0 unspecified atom stereocenters. The number of nitro benzene ring substituents is 2. The van der Waals surface area contributed by atoms with Crippen LogP contribution in [-0.4, -0.2) is 37.1 Å². The van der Waals surface area contributed by atoms with Crippen LogP contribution < -0.4 is 21.6 Å². The number of benzene rings is 5. The van der Waals surface area contributed by atoms with Crippen molar-refractivity contribution in [1.82, 2.24) is 15.0 Å². The van der Waals surface area contributed by atoms with Crippen molar-refractivity contribution >= 4 is 72.9 Å². The Morgan fingerprint density at radius 3 is 1.27 bits per heavy atom. The van der Waals surface area contributed by atoms with Crippen LogP contribution in [0.5, 0.6) is 0 Å². The Morgan fingerprint density at radius 2 is 0.951 bits per heavy atom. The number of halogens is 2. The Bertz CT molecular complexity index is 3100. The molecule has 0 aliphatic heterocycles. The van der Waals surface area contributed by atoms with Crippen LogP contribution in [0.15, 0.2) is 235 Å². The summed E-state index contributed by atoms with van der Waals surface area (Å²) in [5.74, 6) is 14.0. The molecule has 81 heavy (non-hydrogen) atoms. The summed E-state index contributed by atoms with van der Waals surface area (Å²) in [5.41, 5.74) is 8.15. The van der Waals surface area contributed by atoms with Gasteiger partial charge in [-0.3, -0.25) is 40.0 Å². The minimum Gasteiger partial charge on any atom is -0.331 e. The van der Waals surface area contributed by atoms with Gasteiger partial charge in [-0.15, -0.1) is 6.42 Å². The highest BCUT2D eigenvalue weighted by Crippen LogP contribution is 2.32. The van der Waals surface area contributed by atoms with Gasteiger partial charge in [-0.05, 0) is 126 Å². The first-order valence-corrected chi connectivity index (χ1v) is 27.7. The summed E-state index contributed by atoms with van der Waals surface area (Å²) >= 11 is 6.21. The molecule has 0 fully saturated rings. The smallest absolute Gasteiger partial charge is 0.286 e. The molecule has 8 rings (SSSR count). The van der Waals surface area contributed by atoms with Crippen molar-refractivity contribution in [3.05, 3.63) is 283 Å². The average Bonchev–Trinajstić information content (AvgIpc) is 3.51. The van der Waals surface area contributed by atoms with Gasteiger partial charge in [0.25, 0.3) is 11.4 Å². The first kappa shape index (κ1) is 74.6. The maximum absolute atomic E-state index is 11.3. The van der Waals surface area contributed by atoms with E-state index in [1.807, 2.05) is 6.92 Å². The van der Waals surface area contributed by atoms with Gasteiger partial charge in [0.2, 0.25) is 0 Å². The number of ketones is 1. The number of carbonyl (C=O) groups is 1. The van der Waals surface area contributed by atoms with E-state index in [4.69, 9.17) is 12.2 Å². The van der Waals surface area contributed by atoms with Crippen molar-refractivity contribution in [2.75, 3.05) is 6.54 Å². The molecule has 0 saturated carbocycles. The SMILES string of the molecule is C.C.C#Cc1ccncc1.C=CC(=O)C=CC.CCC.CCC.CCN.O=[N+]([O-])c1cc(Br)ccc1Br.O=[N+]([O-])c1cc(C#Cc2ccncc2)ccc1C#Cc1ccncc1.c1ccc(P(c2ccccc2)c2ccccc2)cc1. The van der Waals surface area contributed by atoms with E-state index in [9.17, 15) is 25.0 Å². The summed E-state index contributed by atoms with van der Waals surface area (Å²) in [7, 11) is -0.446. The first-order valence-electron chi connectivity index (χ1n) is 24.8. The lowest BCUT2D eigenvalue weighted by molar-refractivity contribution is -0.385. The second-order valence-corrected chi connectivity index (χ2v) is 19.5. The summed E-state index contributed by atoms with van der Waals surface area (Å²) in [6, 6.07) is 52.5. The van der Waals surface area contributed by atoms with Gasteiger partial charge in [-0.1, -0.05) is 211 Å². The lowest BCUT2D eigenvalue weighted by Gasteiger charge is -2.18. The molecule has 14 heteroatoms. The maximum atomic E-state index is 11.3. The first-order chi connectivity index (χ1) is 38.3. The van der Waals surface area contributed by atoms with Crippen LogP contribution in [0.2, 0.25) is 0 Å². The molecule has 2 N–H and O–H groups in total. The van der Waals surface area contributed by atoms with Gasteiger partial charge in [0.1, 0.15) is 5.56 Å². The molecule has 8 aromatic rings. The summed E-state index contributed by atoms with van der Waals surface area (Å²) in [6.07, 6.45) is 21.9. The fourth-order valence-electron chi connectivity index (χ4n) is 5.51. The number of nitro groups is 2. The zero-order valence-electron chi connectivity index (χ0n) is 45.2. The highest BCUT2D eigenvalue weighted by molar-refractivity contribution is 9.11. The number of allylic oxidation sites excluding steroid dienone is 3. The standard InChI is InChI=1S/C20H11N3O2.C18H15P.C7H5N.C6H3Br2NO2.C6H8O.2C3H8.C2H7N.2CH4/c24-23(25)20-15-18(2-1-16-7-11-21-12-8-16)4-6-19(20)5-3-17-9-13-22-14-10-17;1-4-10-16(11-5-1)19(17-12-6-2-7-13-17)18-14-8-3-9-15-18;1-2-7-3-5-8-6-4-7;7-4-1-2-5(8)6(3-4)9(10)11;1-3-5-6(7)4-2;2*1-3-2;1-2-3;;/h4,6-15H;1-15H;1,3-6H;1-3H;3-5H,2H2,1H3;2*3H2,1-2H3;2-3H2,1H3;2*1H4. The van der Waals surface area contributed by atoms with Gasteiger partial charge < -0.3 is 5.73 Å². The maximum Gasteiger partial charge on any atom is 0.286 e. The number of aromatic nitrogens is 3. The minimum atomic E-state index is -0.450. The van der Waals surface area contributed by atoms with Crippen molar-refractivity contribution in [3.63, 3.8) is 0 Å². The van der Waals surface area contributed by atoms with E-state index in [2.05, 4.69) is 202 Å². The Kier molecular flexibility index (Phi) is 43.8. The molecular formula is C67H73Br2N6O5P. The number of terminal acetylenes is 1. The van der Waals surface area contributed by atoms with E-state index < -0.39 is 17.8 Å². The largest absolute Gasteiger partial charge is 0.331 e.